The van der Waals surface area contributed by atoms with Gasteiger partial charge >= 0.3 is 12.1 Å². The van der Waals surface area contributed by atoms with Gasteiger partial charge in [0, 0.05) is 6.54 Å². The number of aliphatic carboxylic acids is 1. The Balaban J connectivity index is 1.70. The molecule has 3 rings (SSSR count). The van der Waals surface area contributed by atoms with Gasteiger partial charge in [0.1, 0.15) is 12.4 Å². The van der Waals surface area contributed by atoms with Crippen molar-refractivity contribution < 1.29 is 28.6 Å². The van der Waals surface area contributed by atoms with Crippen LogP contribution in [0.3, 0.4) is 0 Å². The second-order valence-corrected chi connectivity index (χ2v) is 7.65. The molecule has 164 valence electrons. The van der Waals surface area contributed by atoms with Crippen LogP contribution in [0.2, 0.25) is 0 Å². The molecule has 3 unspecified atom stereocenters. The lowest BCUT2D eigenvalue weighted by Crippen LogP contribution is -2.55. The van der Waals surface area contributed by atoms with Crippen LogP contribution in [-0.4, -0.2) is 46.5 Å². The maximum Gasteiger partial charge on any atom is 0.410 e. The number of carboxylic acids is 1. The van der Waals surface area contributed by atoms with Crippen LogP contribution in [0.5, 0.6) is 0 Å². The number of carbonyl (C=O) groups is 3. The van der Waals surface area contributed by atoms with E-state index in [0.717, 1.165) is 5.56 Å². The summed E-state index contributed by atoms with van der Waals surface area (Å²) in [6.45, 7) is 0.130. The molecule has 0 bridgehead atoms. The van der Waals surface area contributed by atoms with Gasteiger partial charge < -0.3 is 15.6 Å². The molecule has 1 heterocycles. The number of amides is 1. The Labute approximate surface area is 179 Å². The van der Waals surface area contributed by atoms with Crippen LogP contribution in [0.25, 0.3) is 0 Å². The van der Waals surface area contributed by atoms with Crippen LogP contribution in [0.4, 0.5) is 9.18 Å². The van der Waals surface area contributed by atoms with Crippen LogP contribution in [-0.2, 0) is 27.4 Å². The molecular formula is C23H25FN2O5. The average Bonchev–Trinajstić information content (AvgIpc) is 2.78. The van der Waals surface area contributed by atoms with E-state index in [4.69, 9.17) is 10.5 Å². The van der Waals surface area contributed by atoms with Crippen LogP contribution in [0, 0.1) is 11.7 Å². The third-order valence-electron chi connectivity index (χ3n) is 5.45. The Bertz CT molecular complexity index is 919. The highest BCUT2D eigenvalue weighted by Gasteiger charge is 2.41. The van der Waals surface area contributed by atoms with E-state index < -0.39 is 41.7 Å². The summed E-state index contributed by atoms with van der Waals surface area (Å²) in [7, 11) is 0. The summed E-state index contributed by atoms with van der Waals surface area (Å²) in [6, 6.07) is 12.8. The Morgan fingerprint density at radius 2 is 1.77 bits per heavy atom. The summed E-state index contributed by atoms with van der Waals surface area (Å²) >= 11 is 0. The molecule has 1 aliphatic heterocycles. The minimum Gasteiger partial charge on any atom is -0.481 e. The number of rotatable bonds is 7. The van der Waals surface area contributed by atoms with Gasteiger partial charge in [0.15, 0.2) is 5.78 Å². The third kappa shape index (κ3) is 5.88. The molecular weight excluding hydrogens is 403 g/mol. The first-order valence-electron chi connectivity index (χ1n) is 10.1. The normalized spacial score (nSPS) is 19.5. The van der Waals surface area contributed by atoms with Gasteiger partial charge in [-0.2, -0.15) is 0 Å². The van der Waals surface area contributed by atoms with Crippen molar-refractivity contribution in [2.24, 2.45) is 11.7 Å². The first-order valence-corrected chi connectivity index (χ1v) is 10.1. The monoisotopic (exact) mass is 428 g/mol. The van der Waals surface area contributed by atoms with Crippen molar-refractivity contribution in [3.63, 3.8) is 0 Å². The second kappa shape index (κ2) is 10.2. The standard InChI is InChI=1S/C23H25FN2O5/c24-18-8-6-15(7-9-18)12-19(25)21(27)20-13-17(22(28)29)10-11-26(20)23(30)31-14-16-4-2-1-3-5-16/h1-9,17,19-20H,10-14,25H2,(H,28,29). The van der Waals surface area contributed by atoms with Crippen LogP contribution in [0.1, 0.15) is 24.0 Å². The van der Waals surface area contributed by atoms with Crippen LogP contribution < -0.4 is 5.73 Å². The smallest absolute Gasteiger partial charge is 0.410 e. The molecule has 8 heteroatoms. The first kappa shape index (κ1) is 22.4. The molecule has 2 aromatic rings. The van der Waals surface area contributed by atoms with Crippen LogP contribution in [0.15, 0.2) is 54.6 Å². The lowest BCUT2D eigenvalue weighted by molar-refractivity contribution is -0.145. The van der Waals surface area contributed by atoms with Crippen molar-refractivity contribution in [3.8, 4) is 0 Å². The second-order valence-electron chi connectivity index (χ2n) is 7.65. The highest BCUT2D eigenvalue weighted by molar-refractivity contribution is 5.92. The van der Waals surface area contributed by atoms with E-state index in [-0.39, 0.29) is 32.4 Å². The van der Waals surface area contributed by atoms with E-state index in [1.165, 1.54) is 29.2 Å². The van der Waals surface area contributed by atoms with Gasteiger partial charge in [-0.25, -0.2) is 9.18 Å². The summed E-state index contributed by atoms with van der Waals surface area (Å²) in [5.41, 5.74) is 7.57. The zero-order valence-corrected chi connectivity index (χ0v) is 16.9. The zero-order chi connectivity index (χ0) is 22.4. The number of likely N-dealkylation sites (tertiary alicyclic amines) is 1. The molecule has 0 spiro atoms. The summed E-state index contributed by atoms with van der Waals surface area (Å²) in [6.07, 6.45) is -0.321. The van der Waals surface area contributed by atoms with Gasteiger partial charge in [0.2, 0.25) is 0 Å². The predicted molar refractivity (Wildman–Crippen MR) is 111 cm³/mol. The lowest BCUT2D eigenvalue weighted by atomic mass is 9.86. The molecule has 1 aliphatic rings. The number of benzene rings is 2. The molecule has 0 aliphatic carbocycles. The number of halogens is 1. The fourth-order valence-corrected chi connectivity index (χ4v) is 3.70. The topological polar surface area (TPSA) is 110 Å². The van der Waals surface area contributed by atoms with E-state index in [1.54, 1.807) is 0 Å². The fraction of sp³-hybridized carbons (Fsp3) is 0.348. The molecule has 2 aromatic carbocycles. The zero-order valence-electron chi connectivity index (χ0n) is 16.9. The van der Waals surface area contributed by atoms with Gasteiger partial charge in [-0.3, -0.25) is 14.5 Å². The predicted octanol–water partition coefficient (Wildman–Crippen LogP) is 2.77. The van der Waals surface area contributed by atoms with Gasteiger partial charge in [0.25, 0.3) is 0 Å². The highest BCUT2D eigenvalue weighted by Crippen LogP contribution is 2.26. The Hall–Kier alpha value is -3.26. The molecule has 31 heavy (non-hydrogen) atoms. The van der Waals surface area contributed by atoms with E-state index in [2.05, 4.69) is 0 Å². The average molecular weight is 428 g/mol. The Morgan fingerprint density at radius 1 is 1.10 bits per heavy atom. The Morgan fingerprint density at radius 3 is 2.42 bits per heavy atom. The van der Waals surface area contributed by atoms with Crippen molar-refractivity contribution in [3.05, 3.63) is 71.5 Å². The van der Waals surface area contributed by atoms with Gasteiger partial charge in [-0.05, 0) is 42.5 Å². The Kier molecular flexibility index (Phi) is 7.36. The van der Waals surface area contributed by atoms with Crippen molar-refractivity contribution in [1.82, 2.24) is 4.90 Å². The number of nitrogens with two attached hydrogens (primary N) is 1. The summed E-state index contributed by atoms with van der Waals surface area (Å²) in [5.74, 6) is -2.59. The number of piperidine rings is 1. The first-order chi connectivity index (χ1) is 14.8. The lowest BCUT2D eigenvalue weighted by Gasteiger charge is -2.37. The number of nitrogens with zero attached hydrogens (tertiary/aromatic N) is 1. The fourth-order valence-electron chi connectivity index (χ4n) is 3.70. The largest absolute Gasteiger partial charge is 0.481 e. The van der Waals surface area contributed by atoms with Crippen molar-refractivity contribution in [2.45, 2.75) is 38.0 Å². The summed E-state index contributed by atoms with van der Waals surface area (Å²) in [5, 5.41) is 9.40. The number of carbonyl (C=O) groups excluding carboxylic acids is 2. The van der Waals surface area contributed by atoms with Crippen molar-refractivity contribution in [1.29, 1.82) is 0 Å². The van der Waals surface area contributed by atoms with Gasteiger partial charge in [-0.15, -0.1) is 0 Å². The SMILES string of the molecule is NC(Cc1ccc(F)cc1)C(=O)C1CC(C(=O)O)CCN1C(=O)OCc1ccccc1. The van der Waals surface area contributed by atoms with E-state index >= 15 is 0 Å². The maximum atomic E-state index is 13.1. The molecule has 3 N–H and O–H groups in total. The van der Waals surface area contributed by atoms with Crippen LogP contribution >= 0.6 is 0 Å². The summed E-state index contributed by atoms with van der Waals surface area (Å²) < 4.78 is 18.5. The third-order valence-corrected chi connectivity index (χ3v) is 5.45. The summed E-state index contributed by atoms with van der Waals surface area (Å²) in [4.78, 5) is 38.6. The quantitative estimate of drug-likeness (QED) is 0.702. The minimum atomic E-state index is -1.01. The number of hydrogen-bond acceptors (Lipinski definition) is 5. The molecule has 7 nitrogen and oxygen atoms in total. The van der Waals surface area contributed by atoms with Gasteiger partial charge in [-0.1, -0.05) is 42.5 Å². The number of ether oxygens (including phenoxy) is 1. The molecule has 0 aromatic heterocycles. The highest BCUT2D eigenvalue weighted by atomic mass is 19.1. The minimum absolute atomic E-state index is 0.0221. The molecule has 0 radical (unpaired) electrons. The molecule has 3 atom stereocenters. The molecule has 1 fully saturated rings. The molecule has 1 saturated heterocycles. The van der Waals surface area contributed by atoms with E-state index in [1.807, 2.05) is 30.3 Å². The molecule has 1 amide bonds. The molecule has 0 saturated carbocycles. The van der Waals surface area contributed by atoms with Crippen molar-refractivity contribution in [2.75, 3.05) is 6.54 Å². The van der Waals surface area contributed by atoms with Gasteiger partial charge in [0.05, 0.1) is 18.0 Å². The number of Topliss-reactive ketones (excluding diaryl/α,β-unsaturated/α-hetero) is 1. The van der Waals surface area contributed by atoms with Crippen molar-refractivity contribution >= 4 is 17.8 Å². The number of ketones is 1. The van der Waals surface area contributed by atoms with E-state index in [9.17, 15) is 23.9 Å². The van der Waals surface area contributed by atoms with E-state index in [0.29, 0.717) is 5.56 Å². The number of carboxylic acid groups (broad SMARTS) is 1. The maximum absolute atomic E-state index is 13.1. The number of hydrogen-bond donors (Lipinski definition) is 2.